The first-order chi connectivity index (χ1) is 12.2. The molecule has 2 N–H and O–H groups in total. The zero-order valence-corrected chi connectivity index (χ0v) is 15.3. The van der Waals surface area contributed by atoms with Gasteiger partial charge in [-0.25, -0.2) is 0 Å². The molecule has 0 amide bonds. The Morgan fingerprint density at radius 2 is 1.40 bits per heavy atom. The van der Waals surface area contributed by atoms with Crippen molar-refractivity contribution in [3.8, 4) is 0 Å². The minimum atomic E-state index is -0.798. The number of aliphatic hydroxyl groups excluding tert-OH is 1. The molecule has 3 heteroatoms. The van der Waals surface area contributed by atoms with Crippen molar-refractivity contribution in [3.63, 3.8) is 0 Å². The first kappa shape index (κ1) is 22.9. The van der Waals surface area contributed by atoms with Crippen LogP contribution < -0.4 is 0 Å². The van der Waals surface area contributed by atoms with E-state index in [2.05, 4.69) is 43.4 Å². The number of hydrogen-bond donors (Lipinski definition) is 2. The van der Waals surface area contributed by atoms with E-state index in [9.17, 15) is 9.90 Å². The number of aliphatic carboxylic acids is 1. The van der Waals surface area contributed by atoms with Gasteiger partial charge in [-0.15, -0.1) is 0 Å². The lowest BCUT2D eigenvalue weighted by Crippen LogP contribution is -1.98. The molecule has 0 aromatic heterocycles. The van der Waals surface area contributed by atoms with E-state index >= 15 is 0 Å². The van der Waals surface area contributed by atoms with E-state index in [1.165, 1.54) is 0 Å². The lowest BCUT2D eigenvalue weighted by molar-refractivity contribution is -0.136. The van der Waals surface area contributed by atoms with Crippen LogP contribution in [0.3, 0.4) is 0 Å². The third-order valence-corrected chi connectivity index (χ3v) is 3.20. The first-order valence-corrected chi connectivity index (χ1v) is 9.00. The van der Waals surface area contributed by atoms with Crippen molar-refractivity contribution in [2.24, 2.45) is 0 Å². The normalized spacial score (nSPS) is 14.3. The number of hydrogen-bond acceptors (Lipinski definition) is 2. The molecule has 0 aromatic rings. The van der Waals surface area contributed by atoms with Crippen LogP contribution in [0.15, 0.2) is 72.9 Å². The van der Waals surface area contributed by atoms with E-state index in [0.29, 0.717) is 12.8 Å². The predicted molar refractivity (Wildman–Crippen MR) is 106 cm³/mol. The molecule has 0 heterocycles. The molecular weight excluding hydrogens is 312 g/mol. The molecule has 0 fully saturated rings. The fourth-order valence-corrected chi connectivity index (χ4v) is 1.87. The summed E-state index contributed by atoms with van der Waals surface area (Å²) in [7, 11) is 0. The topological polar surface area (TPSA) is 57.5 Å². The average molecular weight is 344 g/mol. The SMILES string of the molecule is CCC=CCC=CCC=CCC=CCC(O)C=CC=CCCC(=O)O. The largest absolute Gasteiger partial charge is 0.481 e. The minimum absolute atomic E-state index is 0.134. The van der Waals surface area contributed by atoms with Gasteiger partial charge in [-0.05, 0) is 38.5 Å². The van der Waals surface area contributed by atoms with E-state index in [1.807, 2.05) is 12.2 Å². The van der Waals surface area contributed by atoms with Gasteiger partial charge in [-0.1, -0.05) is 79.8 Å². The highest BCUT2D eigenvalue weighted by Crippen LogP contribution is 1.99. The molecule has 0 saturated heterocycles. The first-order valence-electron chi connectivity index (χ1n) is 9.00. The second-order valence-electron chi connectivity index (χ2n) is 5.55. The standard InChI is InChI=1S/C22H32O3/c1-2-3-4-5-6-7-8-9-10-11-12-15-18-21(23)19-16-13-14-17-20-22(24)25/h3-4,6-7,9-10,12-16,19,21,23H,2,5,8,11,17-18,20H2,1H3,(H,24,25). The minimum Gasteiger partial charge on any atom is -0.481 e. The quantitative estimate of drug-likeness (QED) is 0.322. The maximum absolute atomic E-state index is 10.3. The fourth-order valence-electron chi connectivity index (χ4n) is 1.87. The second kappa shape index (κ2) is 18.2. The Morgan fingerprint density at radius 3 is 1.96 bits per heavy atom. The van der Waals surface area contributed by atoms with Gasteiger partial charge in [-0.2, -0.15) is 0 Å². The summed E-state index contributed by atoms with van der Waals surface area (Å²) in [5.74, 6) is -0.798. The summed E-state index contributed by atoms with van der Waals surface area (Å²) in [6.07, 6.45) is 28.6. The number of carboxylic acid groups (broad SMARTS) is 1. The zero-order chi connectivity index (χ0) is 18.6. The van der Waals surface area contributed by atoms with Gasteiger partial charge >= 0.3 is 5.97 Å². The van der Waals surface area contributed by atoms with E-state index in [0.717, 1.165) is 25.7 Å². The summed E-state index contributed by atoms with van der Waals surface area (Å²) in [6, 6.07) is 0. The van der Waals surface area contributed by atoms with Crippen molar-refractivity contribution >= 4 is 5.97 Å². The Bertz CT molecular complexity index is 493. The van der Waals surface area contributed by atoms with Gasteiger partial charge < -0.3 is 10.2 Å². The van der Waals surface area contributed by atoms with Crippen molar-refractivity contribution in [2.45, 2.75) is 58.0 Å². The second-order valence-corrected chi connectivity index (χ2v) is 5.55. The Hall–Kier alpha value is -2.13. The monoisotopic (exact) mass is 344 g/mol. The molecule has 0 radical (unpaired) electrons. The van der Waals surface area contributed by atoms with E-state index in [-0.39, 0.29) is 6.42 Å². The number of rotatable bonds is 14. The van der Waals surface area contributed by atoms with Crippen LogP contribution in [0.25, 0.3) is 0 Å². The zero-order valence-electron chi connectivity index (χ0n) is 15.3. The van der Waals surface area contributed by atoms with Gasteiger partial charge in [0.1, 0.15) is 0 Å². The lowest BCUT2D eigenvalue weighted by atomic mass is 10.2. The molecule has 1 atom stereocenters. The summed E-state index contributed by atoms with van der Waals surface area (Å²) in [5.41, 5.74) is 0. The summed E-state index contributed by atoms with van der Waals surface area (Å²) in [4.78, 5) is 10.3. The smallest absolute Gasteiger partial charge is 0.303 e. The molecule has 0 spiro atoms. The molecule has 0 aliphatic heterocycles. The van der Waals surface area contributed by atoms with E-state index in [1.54, 1.807) is 24.3 Å². The number of allylic oxidation sites excluding steroid dienone is 10. The number of carboxylic acids is 1. The highest BCUT2D eigenvalue weighted by Gasteiger charge is 1.93. The number of aliphatic hydroxyl groups is 1. The van der Waals surface area contributed by atoms with Crippen LogP contribution in [0, 0.1) is 0 Å². The van der Waals surface area contributed by atoms with Gasteiger partial charge in [0.2, 0.25) is 0 Å². The highest BCUT2D eigenvalue weighted by atomic mass is 16.4. The molecule has 1 unspecified atom stereocenters. The molecular formula is C22H32O3. The molecule has 0 saturated carbocycles. The Kier molecular flexibility index (Phi) is 16.7. The molecule has 0 bridgehead atoms. The van der Waals surface area contributed by atoms with Crippen LogP contribution in [0.1, 0.15) is 51.9 Å². The lowest BCUT2D eigenvalue weighted by Gasteiger charge is -1.98. The van der Waals surface area contributed by atoms with Gasteiger partial charge in [0.15, 0.2) is 0 Å². The maximum atomic E-state index is 10.3. The van der Waals surface area contributed by atoms with Crippen LogP contribution in [0.2, 0.25) is 0 Å². The third kappa shape index (κ3) is 19.8. The van der Waals surface area contributed by atoms with Crippen LogP contribution in [0.4, 0.5) is 0 Å². The van der Waals surface area contributed by atoms with Crippen molar-refractivity contribution < 1.29 is 15.0 Å². The fraction of sp³-hybridized carbons (Fsp3) is 0.409. The van der Waals surface area contributed by atoms with Gasteiger partial charge in [-0.3, -0.25) is 4.79 Å². The summed E-state index contributed by atoms with van der Waals surface area (Å²) in [6.45, 7) is 2.13. The van der Waals surface area contributed by atoms with Gasteiger partial charge in [0.05, 0.1) is 6.10 Å². The molecule has 0 aliphatic rings. The van der Waals surface area contributed by atoms with Crippen molar-refractivity contribution in [1.82, 2.24) is 0 Å². The van der Waals surface area contributed by atoms with Gasteiger partial charge in [0, 0.05) is 6.42 Å². The van der Waals surface area contributed by atoms with Crippen LogP contribution in [-0.2, 0) is 4.79 Å². The van der Waals surface area contributed by atoms with E-state index in [4.69, 9.17) is 5.11 Å². The molecule has 25 heavy (non-hydrogen) atoms. The van der Waals surface area contributed by atoms with Crippen molar-refractivity contribution in [1.29, 1.82) is 0 Å². The van der Waals surface area contributed by atoms with Crippen LogP contribution >= 0.6 is 0 Å². The summed E-state index contributed by atoms with van der Waals surface area (Å²) >= 11 is 0. The summed E-state index contributed by atoms with van der Waals surface area (Å²) < 4.78 is 0. The maximum Gasteiger partial charge on any atom is 0.303 e. The Balaban J connectivity index is 3.70. The van der Waals surface area contributed by atoms with Crippen LogP contribution in [-0.4, -0.2) is 22.3 Å². The highest BCUT2D eigenvalue weighted by molar-refractivity contribution is 5.66. The molecule has 0 aromatic carbocycles. The molecule has 3 nitrogen and oxygen atoms in total. The molecule has 138 valence electrons. The molecule has 0 aliphatic carbocycles. The summed E-state index contributed by atoms with van der Waals surface area (Å²) in [5, 5.41) is 18.2. The number of carbonyl (C=O) groups is 1. The van der Waals surface area contributed by atoms with E-state index < -0.39 is 12.1 Å². The predicted octanol–water partition coefficient (Wildman–Crippen LogP) is 5.52. The van der Waals surface area contributed by atoms with Crippen molar-refractivity contribution in [3.05, 3.63) is 72.9 Å². The van der Waals surface area contributed by atoms with Gasteiger partial charge in [0.25, 0.3) is 0 Å². The Morgan fingerprint density at radius 1 is 0.840 bits per heavy atom. The molecule has 0 rings (SSSR count). The third-order valence-electron chi connectivity index (χ3n) is 3.20. The average Bonchev–Trinajstić information content (AvgIpc) is 2.58. The van der Waals surface area contributed by atoms with Crippen LogP contribution in [0.5, 0.6) is 0 Å². The Labute approximate surface area is 152 Å². The van der Waals surface area contributed by atoms with Crippen molar-refractivity contribution in [2.75, 3.05) is 0 Å².